The molecular formula is C38H55NO6Si. The minimum Gasteiger partial charge on any atom is -0.458 e. The fraction of sp³-hybridized carbons (Fsp3) is 0.447. The summed E-state index contributed by atoms with van der Waals surface area (Å²) in [5, 5.41) is -0.0211. The minimum atomic E-state index is -2.15. The molecule has 252 valence electrons. The molecule has 0 radical (unpaired) electrons. The summed E-state index contributed by atoms with van der Waals surface area (Å²) in [5.41, 5.74) is 8.96. The zero-order chi connectivity index (χ0) is 34.9. The fourth-order valence-corrected chi connectivity index (χ4v) is 5.73. The number of esters is 1. The Hall–Kier alpha value is -3.75. The van der Waals surface area contributed by atoms with Gasteiger partial charge in [-0.1, -0.05) is 94.0 Å². The van der Waals surface area contributed by atoms with E-state index in [9.17, 15) is 14.4 Å². The second-order valence-electron chi connectivity index (χ2n) is 13.2. The second kappa shape index (κ2) is 19.7. The quantitative estimate of drug-likeness (QED) is 0.0401. The highest BCUT2D eigenvalue weighted by Gasteiger charge is 2.40. The van der Waals surface area contributed by atoms with Gasteiger partial charge in [-0.25, -0.2) is 9.59 Å². The second-order valence-corrected chi connectivity index (χ2v) is 18.0. The molecule has 1 rings (SSSR count). The van der Waals surface area contributed by atoms with Gasteiger partial charge in [0.2, 0.25) is 0 Å². The lowest BCUT2D eigenvalue weighted by molar-refractivity contribution is -0.144. The number of hydrogen-bond donors (Lipinski definition) is 1. The number of hydrogen-bond acceptors (Lipinski definition) is 6. The van der Waals surface area contributed by atoms with Crippen LogP contribution in [0, 0.1) is 5.92 Å². The standard InChI is InChI=1S/C38H55NO6Si/c1-11-17-31-19-16-20-32(26-31)22-23-36(41)43-35(30(5)24-29(4)27-40)25-28(3)18-14-13-15-21-34(44-37(39)42)33(12-2)45-46(9,10)38(6,7)8/h11-14,16,18-20,22-24,26-27,30,33-35H,1-2,15,17,21,25H2,3-10H3,(H2,39,42)/b14-13+,23-22+,28-18+,29-24+/t30-,33+,34+,35-/m1/s1. The normalized spacial score (nSPS) is 15.7. The van der Waals surface area contributed by atoms with Gasteiger partial charge < -0.3 is 19.6 Å². The Morgan fingerprint density at radius 1 is 1.09 bits per heavy atom. The SMILES string of the molecule is C=CCc1cccc(/C=C/C(=O)O[C@H](C/C(C)=C/C=C/CC[C@H](OC(N)=O)[C@H](C=C)O[Si](C)(C)C(C)(C)C)[C@H](C)/C=C(\C)C=O)c1. The van der Waals surface area contributed by atoms with Crippen LogP contribution in [0.25, 0.3) is 6.08 Å². The molecule has 46 heavy (non-hydrogen) atoms. The third kappa shape index (κ3) is 15.0. The van der Waals surface area contributed by atoms with Gasteiger partial charge in [-0.05, 0) is 74.0 Å². The molecule has 7 nitrogen and oxygen atoms in total. The van der Waals surface area contributed by atoms with E-state index in [1.165, 1.54) is 6.08 Å². The van der Waals surface area contributed by atoms with Gasteiger partial charge in [0.1, 0.15) is 24.6 Å². The van der Waals surface area contributed by atoms with Gasteiger partial charge in [0, 0.05) is 18.4 Å². The zero-order valence-electron chi connectivity index (χ0n) is 29.1. The summed E-state index contributed by atoms with van der Waals surface area (Å²) in [5.74, 6) is -0.641. The van der Waals surface area contributed by atoms with Gasteiger partial charge in [-0.3, -0.25) is 4.79 Å². The smallest absolute Gasteiger partial charge is 0.404 e. The number of ether oxygens (including phenoxy) is 2. The first kappa shape index (κ1) is 40.3. The van der Waals surface area contributed by atoms with Crippen molar-refractivity contribution in [2.45, 2.75) is 104 Å². The molecule has 1 amide bonds. The number of nitrogens with two attached hydrogens (primary N) is 1. The third-order valence-electron chi connectivity index (χ3n) is 8.07. The van der Waals surface area contributed by atoms with Gasteiger partial charge in [0.15, 0.2) is 8.32 Å². The van der Waals surface area contributed by atoms with Crippen molar-refractivity contribution in [3.05, 3.63) is 102 Å². The molecule has 2 N–H and O–H groups in total. The predicted octanol–water partition coefficient (Wildman–Crippen LogP) is 8.83. The van der Waals surface area contributed by atoms with Crippen molar-refractivity contribution < 1.29 is 28.3 Å². The molecule has 0 unspecified atom stereocenters. The number of carbonyl (C=O) groups excluding carboxylic acids is 3. The number of primary amides is 1. The van der Waals surface area contributed by atoms with Crippen LogP contribution in [0.2, 0.25) is 18.1 Å². The Kier molecular flexibility index (Phi) is 17.2. The number of allylic oxidation sites excluding steroid dienone is 5. The van der Waals surface area contributed by atoms with Crippen LogP contribution in [-0.2, 0) is 29.9 Å². The van der Waals surface area contributed by atoms with Crippen molar-refractivity contribution in [2.24, 2.45) is 11.7 Å². The lowest BCUT2D eigenvalue weighted by Gasteiger charge is -2.40. The molecule has 1 aromatic rings. The first-order valence-electron chi connectivity index (χ1n) is 15.8. The summed E-state index contributed by atoms with van der Waals surface area (Å²) in [6.45, 7) is 24.0. The van der Waals surface area contributed by atoms with Crippen LogP contribution < -0.4 is 5.73 Å². The highest BCUT2D eigenvalue weighted by atomic mass is 28.4. The molecule has 4 atom stereocenters. The average molecular weight is 650 g/mol. The molecule has 0 bridgehead atoms. The molecule has 0 fully saturated rings. The number of aldehydes is 1. The summed E-state index contributed by atoms with van der Waals surface area (Å²) in [4.78, 5) is 35.8. The van der Waals surface area contributed by atoms with E-state index in [0.29, 0.717) is 24.8 Å². The Bertz CT molecular complexity index is 1300. The van der Waals surface area contributed by atoms with E-state index in [0.717, 1.165) is 29.4 Å². The maximum atomic E-state index is 12.8. The van der Waals surface area contributed by atoms with Crippen LogP contribution in [-0.4, -0.2) is 45.0 Å². The molecular weight excluding hydrogens is 595 g/mol. The molecule has 0 aromatic heterocycles. The van der Waals surface area contributed by atoms with Crippen LogP contribution in [0.15, 0.2) is 91.1 Å². The number of rotatable bonds is 19. The van der Waals surface area contributed by atoms with Crippen molar-refractivity contribution in [3.63, 3.8) is 0 Å². The number of benzene rings is 1. The van der Waals surface area contributed by atoms with E-state index >= 15 is 0 Å². The predicted molar refractivity (Wildman–Crippen MR) is 192 cm³/mol. The van der Waals surface area contributed by atoms with E-state index in [-0.39, 0.29) is 11.0 Å². The van der Waals surface area contributed by atoms with E-state index in [2.05, 4.69) is 47.0 Å². The van der Waals surface area contributed by atoms with E-state index in [1.807, 2.05) is 68.5 Å². The largest absolute Gasteiger partial charge is 0.458 e. The molecule has 0 aliphatic carbocycles. The minimum absolute atomic E-state index is 0.0211. The van der Waals surface area contributed by atoms with Crippen molar-refractivity contribution >= 4 is 32.7 Å². The van der Waals surface area contributed by atoms with Crippen molar-refractivity contribution in [1.82, 2.24) is 0 Å². The van der Waals surface area contributed by atoms with Gasteiger partial charge >= 0.3 is 12.1 Å². The topological polar surface area (TPSA) is 105 Å². The lowest BCUT2D eigenvalue weighted by Crippen LogP contribution is -2.47. The molecule has 0 aliphatic rings. The molecule has 0 saturated heterocycles. The van der Waals surface area contributed by atoms with Crippen molar-refractivity contribution in [2.75, 3.05) is 0 Å². The van der Waals surface area contributed by atoms with E-state index < -0.39 is 38.7 Å². The Morgan fingerprint density at radius 3 is 2.37 bits per heavy atom. The molecule has 0 saturated carbocycles. The molecule has 0 aliphatic heterocycles. The lowest BCUT2D eigenvalue weighted by atomic mass is 9.96. The summed E-state index contributed by atoms with van der Waals surface area (Å²) in [6.07, 6.45) is 15.2. The summed E-state index contributed by atoms with van der Waals surface area (Å²) >= 11 is 0. The van der Waals surface area contributed by atoms with E-state index in [1.54, 1.807) is 19.1 Å². The first-order valence-corrected chi connectivity index (χ1v) is 18.7. The Balaban J connectivity index is 2.98. The zero-order valence-corrected chi connectivity index (χ0v) is 30.1. The summed E-state index contributed by atoms with van der Waals surface area (Å²) < 4.78 is 17.8. The van der Waals surface area contributed by atoms with Crippen molar-refractivity contribution in [1.29, 1.82) is 0 Å². The van der Waals surface area contributed by atoms with Crippen LogP contribution in [0.5, 0.6) is 0 Å². The van der Waals surface area contributed by atoms with Gasteiger partial charge in [0.05, 0.1) is 0 Å². The average Bonchev–Trinajstić information content (AvgIpc) is 2.97. The molecule has 0 heterocycles. The first-order chi connectivity index (χ1) is 21.5. The maximum absolute atomic E-state index is 12.8. The third-order valence-corrected chi connectivity index (χ3v) is 12.5. The van der Waals surface area contributed by atoms with Gasteiger partial charge in [-0.15, -0.1) is 13.2 Å². The van der Waals surface area contributed by atoms with E-state index in [4.69, 9.17) is 19.6 Å². The van der Waals surface area contributed by atoms with Crippen LogP contribution >= 0.6 is 0 Å². The summed E-state index contributed by atoms with van der Waals surface area (Å²) in [7, 11) is -2.15. The van der Waals surface area contributed by atoms with Crippen LogP contribution in [0.1, 0.15) is 71.9 Å². The van der Waals surface area contributed by atoms with Gasteiger partial charge in [-0.2, -0.15) is 0 Å². The highest BCUT2D eigenvalue weighted by Crippen LogP contribution is 2.38. The van der Waals surface area contributed by atoms with Crippen molar-refractivity contribution in [3.8, 4) is 0 Å². The summed E-state index contributed by atoms with van der Waals surface area (Å²) in [6, 6.07) is 7.88. The van der Waals surface area contributed by atoms with Crippen LogP contribution in [0.4, 0.5) is 4.79 Å². The molecule has 8 heteroatoms. The fourth-order valence-electron chi connectivity index (χ4n) is 4.45. The molecule has 0 spiro atoms. The number of carbonyl (C=O) groups is 3. The maximum Gasteiger partial charge on any atom is 0.404 e. The Morgan fingerprint density at radius 2 is 1.78 bits per heavy atom. The van der Waals surface area contributed by atoms with Gasteiger partial charge in [0.25, 0.3) is 0 Å². The monoisotopic (exact) mass is 649 g/mol. The Labute approximate surface area is 278 Å². The van der Waals surface area contributed by atoms with Crippen LogP contribution in [0.3, 0.4) is 0 Å². The highest BCUT2D eigenvalue weighted by molar-refractivity contribution is 6.74. The molecule has 1 aromatic carbocycles. The number of amides is 1.